The number of para-hydroxylation sites is 2. The third-order valence-corrected chi connectivity index (χ3v) is 4.83. The van der Waals surface area contributed by atoms with Crippen LogP contribution in [0, 0.1) is 11.8 Å². The van der Waals surface area contributed by atoms with Crippen molar-refractivity contribution in [3.8, 4) is 0 Å². The summed E-state index contributed by atoms with van der Waals surface area (Å²) in [7, 11) is -3.52. The number of anilines is 2. The molecule has 1 heterocycles. The largest absolute Gasteiger partial charge is 0.397 e. The Hall–Kier alpha value is -1.27. The molecular formula is C13H21N3O2S. The van der Waals surface area contributed by atoms with E-state index in [1.165, 1.54) is 4.31 Å². The molecule has 5 nitrogen and oxygen atoms in total. The molecule has 2 rings (SSSR count). The van der Waals surface area contributed by atoms with Crippen LogP contribution in [0.3, 0.4) is 0 Å². The minimum atomic E-state index is -3.52. The first kappa shape index (κ1) is 14.1. The lowest BCUT2D eigenvalue weighted by atomic mass is 9.94. The Balaban J connectivity index is 2.16. The first-order chi connectivity index (χ1) is 8.88. The van der Waals surface area contributed by atoms with Crippen molar-refractivity contribution in [1.29, 1.82) is 0 Å². The zero-order valence-corrected chi connectivity index (χ0v) is 12.2. The molecule has 0 saturated carbocycles. The van der Waals surface area contributed by atoms with Gasteiger partial charge in [0, 0.05) is 13.1 Å². The first-order valence-electron chi connectivity index (χ1n) is 6.51. The first-order valence-corrected chi connectivity index (χ1v) is 7.95. The van der Waals surface area contributed by atoms with Crippen LogP contribution >= 0.6 is 0 Å². The Kier molecular flexibility index (Phi) is 4.01. The third-order valence-electron chi connectivity index (χ3n) is 3.37. The van der Waals surface area contributed by atoms with Crippen LogP contribution in [0.5, 0.6) is 0 Å². The zero-order chi connectivity index (χ0) is 14.0. The lowest BCUT2D eigenvalue weighted by molar-refractivity contribution is 0.223. The van der Waals surface area contributed by atoms with E-state index < -0.39 is 10.2 Å². The molecular weight excluding hydrogens is 262 g/mol. The molecule has 1 aliphatic rings. The molecule has 0 aliphatic carbocycles. The average Bonchev–Trinajstić information content (AvgIpc) is 2.31. The fraction of sp³-hybridized carbons (Fsp3) is 0.538. The molecule has 1 fully saturated rings. The Morgan fingerprint density at radius 1 is 1.21 bits per heavy atom. The number of nitrogens with one attached hydrogen (secondary N) is 1. The summed E-state index contributed by atoms with van der Waals surface area (Å²) < 4.78 is 28.8. The minimum absolute atomic E-state index is 0.383. The zero-order valence-electron chi connectivity index (χ0n) is 11.3. The molecule has 1 saturated heterocycles. The van der Waals surface area contributed by atoms with E-state index in [1.807, 2.05) is 0 Å². The molecule has 1 aliphatic heterocycles. The van der Waals surface area contributed by atoms with Gasteiger partial charge in [0.2, 0.25) is 0 Å². The summed E-state index contributed by atoms with van der Waals surface area (Å²) in [6, 6.07) is 6.89. The Morgan fingerprint density at radius 3 is 2.37 bits per heavy atom. The molecule has 0 bridgehead atoms. The summed E-state index contributed by atoms with van der Waals surface area (Å²) in [6.07, 6.45) is 1.07. The van der Waals surface area contributed by atoms with Crippen LogP contribution in [0.2, 0.25) is 0 Å². The second-order valence-corrected chi connectivity index (χ2v) is 7.13. The third kappa shape index (κ3) is 3.39. The molecule has 106 valence electrons. The number of piperidine rings is 1. The van der Waals surface area contributed by atoms with Crippen LogP contribution in [0.4, 0.5) is 11.4 Å². The molecule has 2 unspecified atom stereocenters. The van der Waals surface area contributed by atoms with Crippen LogP contribution < -0.4 is 10.5 Å². The number of nitrogen functional groups attached to an aromatic ring is 1. The maximum atomic E-state index is 12.4. The lowest BCUT2D eigenvalue weighted by Crippen LogP contribution is -2.45. The molecule has 1 aromatic rings. The Bertz CT molecular complexity index is 535. The number of hydrogen-bond acceptors (Lipinski definition) is 3. The summed E-state index contributed by atoms with van der Waals surface area (Å²) in [4.78, 5) is 0. The highest BCUT2D eigenvalue weighted by Crippen LogP contribution is 2.25. The van der Waals surface area contributed by atoms with Crippen molar-refractivity contribution in [1.82, 2.24) is 4.31 Å². The van der Waals surface area contributed by atoms with Crippen molar-refractivity contribution in [3.05, 3.63) is 24.3 Å². The number of hydrogen-bond donors (Lipinski definition) is 2. The molecule has 0 spiro atoms. The Labute approximate surface area is 115 Å². The molecule has 19 heavy (non-hydrogen) atoms. The van der Waals surface area contributed by atoms with Crippen LogP contribution in [0.1, 0.15) is 20.3 Å². The second kappa shape index (κ2) is 5.38. The monoisotopic (exact) mass is 283 g/mol. The minimum Gasteiger partial charge on any atom is -0.397 e. The van der Waals surface area contributed by atoms with Crippen molar-refractivity contribution in [2.75, 3.05) is 23.5 Å². The van der Waals surface area contributed by atoms with Gasteiger partial charge in [-0.25, -0.2) is 0 Å². The summed E-state index contributed by atoms with van der Waals surface area (Å²) in [5.41, 5.74) is 6.64. The van der Waals surface area contributed by atoms with Crippen molar-refractivity contribution < 1.29 is 8.42 Å². The van der Waals surface area contributed by atoms with E-state index >= 15 is 0 Å². The quantitative estimate of drug-likeness (QED) is 0.832. The number of rotatable bonds is 3. The highest BCUT2D eigenvalue weighted by Gasteiger charge is 2.30. The molecule has 0 radical (unpaired) electrons. The van der Waals surface area contributed by atoms with E-state index in [4.69, 9.17) is 5.73 Å². The summed E-state index contributed by atoms with van der Waals surface area (Å²) in [5.74, 6) is 0.766. The van der Waals surface area contributed by atoms with Gasteiger partial charge in [-0.15, -0.1) is 0 Å². The van der Waals surface area contributed by atoms with Crippen molar-refractivity contribution in [2.45, 2.75) is 20.3 Å². The summed E-state index contributed by atoms with van der Waals surface area (Å²) in [5, 5.41) is 0. The van der Waals surface area contributed by atoms with Gasteiger partial charge in [-0.3, -0.25) is 4.72 Å². The Morgan fingerprint density at radius 2 is 1.79 bits per heavy atom. The highest BCUT2D eigenvalue weighted by atomic mass is 32.2. The fourth-order valence-electron chi connectivity index (χ4n) is 2.60. The average molecular weight is 283 g/mol. The maximum Gasteiger partial charge on any atom is 0.301 e. The molecule has 3 N–H and O–H groups in total. The van der Waals surface area contributed by atoms with Gasteiger partial charge in [0.1, 0.15) is 0 Å². The van der Waals surface area contributed by atoms with Gasteiger partial charge < -0.3 is 5.73 Å². The molecule has 6 heteroatoms. The van der Waals surface area contributed by atoms with Crippen LogP contribution in [-0.2, 0) is 10.2 Å². The van der Waals surface area contributed by atoms with E-state index in [-0.39, 0.29) is 0 Å². The predicted octanol–water partition coefficient (Wildman–Crippen LogP) is 1.90. The van der Waals surface area contributed by atoms with Gasteiger partial charge in [-0.2, -0.15) is 12.7 Å². The van der Waals surface area contributed by atoms with Gasteiger partial charge in [0.05, 0.1) is 11.4 Å². The summed E-state index contributed by atoms with van der Waals surface area (Å²) in [6.45, 7) is 5.28. The molecule has 2 atom stereocenters. The lowest BCUT2D eigenvalue weighted by Gasteiger charge is -2.34. The van der Waals surface area contributed by atoms with Gasteiger partial charge in [0.15, 0.2) is 0 Å². The number of nitrogens with zero attached hydrogens (tertiary/aromatic N) is 1. The predicted molar refractivity (Wildman–Crippen MR) is 77.9 cm³/mol. The highest BCUT2D eigenvalue weighted by molar-refractivity contribution is 7.90. The number of benzene rings is 1. The van der Waals surface area contributed by atoms with E-state index in [2.05, 4.69) is 18.6 Å². The van der Waals surface area contributed by atoms with Crippen LogP contribution in [0.15, 0.2) is 24.3 Å². The SMILES string of the molecule is CC1CC(C)CN(S(=O)(=O)Nc2ccccc2N)C1. The van der Waals surface area contributed by atoms with E-state index in [9.17, 15) is 8.42 Å². The topological polar surface area (TPSA) is 75.4 Å². The number of nitrogens with two attached hydrogens (primary N) is 1. The van der Waals surface area contributed by atoms with Crippen molar-refractivity contribution in [2.24, 2.45) is 11.8 Å². The maximum absolute atomic E-state index is 12.4. The van der Waals surface area contributed by atoms with Crippen molar-refractivity contribution in [3.63, 3.8) is 0 Å². The van der Waals surface area contributed by atoms with Gasteiger partial charge in [-0.05, 0) is 30.4 Å². The van der Waals surface area contributed by atoms with Crippen molar-refractivity contribution >= 4 is 21.6 Å². The summed E-state index contributed by atoms with van der Waals surface area (Å²) >= 11 is 0. The molecule has 0 amide bonds. The van der Waals surface area contributed by atoms with E-state index in [1.54, 1.807) is 24.3 Å². The van der Waals surface area contributed by atoms with E-state index in [0.29, 0.717) is 36.3 Å². The van der Waals surface area contributed by atoms with Gasteiger partial charge >= 0.3 is 10.2 Å². The van der Waals surface area contributed by atoms with Gasteiger partial charge in [-0.1, -0.05) is 26.0 Å². The smallest absolute Gasteiger partial charge is 0.301 e. The van der Waals surface area contributed by atoms with Crippen LogP contribution in [-0.4, -0.2) is 25.8 Å². The molecule has 1 aromatic carbocycles. The van der Waals surface area contributed by atoms with Crippen LogP contribution in [0.25, 0.3) is 0 Å². The second-order valence-electron chi connectivity index (χ2n) is 5.46. The molecule has 0 aromatic heterocycles. The fourth-order valence-corrected chi connectivity index (χ4v) is 4.09. The van der Waals surface area contributed by atoms with E-state index in [0.717, 1.165) is 6.42 Å². The normalized spacial score (nSPS) is 25.2. The standard InChI is InChI=1S/C13H21N3O2S/c1-10-7-11(2)9-16(8-10)19(17,18)15-13-6-4-3-5-12(13)14/h3-6,10-11,15H,7-9,14H2,1-2H3. The van der Waals surface area contributed by atoms with Gasteiger partial charge in [0.25, 0.3) is 0 Å².